The Kier molecular flexibility index (Phi) is 5.71. The Morgan fingerprint density at radius 3 is 2.38 bits per heavy atom. The summed E-state index contributed by atoms with van der Waals surface area (Å²) in [5.74, 6) is 0. The number of nitrogens with zero attached hydrogens (tertiary/aromatic N) is 4. The van der Waals surface area contributed by atoms with Crippen LogP contribution in [0.15, 0.2) is 60.9 Å². The number of ether oxygens (including phenoxy) is 1. The quantitative estimate of drug-likeness (QED) is 0.677. The third kappa shape index (κ3) is 4.54. The third-order valence-electron chi connectivity index (χ3n) is 5.46. The molecule has 1 aliphatic heterocycles. The zero-order chi connectivity index (χ0) is 20.2. The van der Waals surface area contributed by atoms with Gasteiger partial charge in [-0.05, 0) is 37.1 Å². The van der Waals surface area contributed by atoms with Crippen LogP contribution in [-0.4, -0.2) is 51.0 Å². The molecule has 29 heavy (non-hydrogen) atoms. The van der Waals surface area contributed by atoms with Crippen molar-refractivity contribution in [1.82, 2.24) is 19.8 Å². The lowest BCUT2D eigenvalue weighted by Crippen LogP contribution is -2.57. The molecule has 2 aromatic carbocycles. The first-order chi connectivity index (χ1) is 14.1. The summed E-state index contributed by atoms with van der Waals surface area (Å²) < 4.78 is 5.52. The summed E-state index contributed by atoms with van der Waals surface area (Å²) in [6, 6.07) is 16.5. The topological polar surface area (TPSA) is 58.6 Å². The van der Waals surface area contributed by atoms with E-state index >= 15 is 0 Å². The Morgan fingerprint density at radius 2 is 1.66 bits per heavy atom. The minimum Gasteiger partial charge on any atom is -0.445 e. The molecular weight excluding hydrogens is 364 g/mol. The highest BCUT2D eigenvalue weighted by Crippen LogP contribution is 2.21. The summed E-state index contributed by atoms with van der Waals surface area (Å²) >= 11 is 0. The molecule has 1 saturated heterocycles. The van der Waals surface area contributed by atoms with Gasteiger partial charge in [0.05, 0.1) is 11.0 Å². The van der Waals surface area contributed by atoms with Crippen LogP contribution in [0.25, 0.3) is 11.0 Å². The number of fused-ring (bicyclic) bond motifs is 1. The molecule has 1 fully saturated rings. The van der Waals surface area contributed by atoms with Crippen molar-refractivity contribution in [3.05, 3.63) is 72.1 Å². The number of piperazine rings is 1. The highest BCUT2D eigenvalue weighted by molar-refractivity contribution is 5.74. The largest absolute Gasteiger partial charge is 0.445 e. The van der Waals surface area contributed by atoms with Crippen LogP contribution in [-0.2, 0) is 17.9 Å². The normalized spacial score (nSPS) is 20.0. The van der Waals surface area contributed by atoms with Gasteiger partial charge in [-0.1, -0.05) is 36.4 Å². The summed E-state index contributed by atoms with van der Waals surface area (Å²) in [6.45, 7) is 6.77. The lowest BCUT2D eigenvalue weighted by molar-refractivity contribution is 0.0210. The van der Waals surface area contributed by atoms with E-state index in [1.807, 2.05) is 41.3 Å². The molecule has 0 unspecified atom stereocenters. The van der Waals surface area contributed by atoms with Crippen LogP contribution < -0.4 is 0 Å². The first kappa shape index (κ1) is 19.3. The maximum atomic E-state index is 12.5. The number of carbonyl (C=O) groups is 1. The molecule has 2 heterocycles. The fourth-order valence-corrected chi connectivity index (χ4v) is 3.95. The predicted molar refractivity (Wildman–Crippen MR) is 112 cm³/mol. The van der Waals surface area contributed by atoms with Crippen molar-refractivity contribution in [1.29, 1.82) is 0 Å². The summed E-state index contributed by atoms with van der Waals surface area (Å²) in [5, 5.41) is 0. The zero-order valence-corrected chi connectivity index (χ0v) is 16.9. The average molecular weight is 390 g/mol. The van der Waals surface area contributed by atoms with Crippen LogP contribution in [0.2, 0.25) is 0 Å². The van der Waals surface area contributed by atoms with Crippen molar-refractivity contribution >= 4 is 17.1 Å². The molecule has 4 rings (SSSR count). The lowest BCUT2D eigenvalue weighted by Gasteiger charge is -2.44. The molecule has 2 atom stereocenters. The number of carbonyl (C=O) groups excluding carboxylic acids is 1. The van der Waals surface area contributed by atoms with Crippen LogP contribution in [0.4, 0.5) is 4.79 Å². The van der Waals surface area contributed by atoms with E-state index in [0.29, 0.717) is 19.7 Å². The molecule has 1 amide bonds. The third-order valence-corrected chi connectivity index (χ3v) is 5.46. The maximum absolute atomic E-state index is 12.5. The highest BCUT2D eigenvalue weighted by Gasteiger charge is 2.32. The van der Waals surface area contributed by atoms with Gasteiger partial charge in [-0.3, -0.25) is 14.9 Å². The van der Waals surface area contributed by atoms with Crippen LogP contribution in [0.5, 0.6) is 0 Å². The van der Waals surface area contributed by atoms with Crippen molar-refractivity contribution in [2.24, 2.45) is 0 Å². The van der Waals surface area contributed by atoms with Gasteiger partial charge in [-0.15, -0.1) is 0 Å². The summed E-state index contributed by atoms with van der Waals surface area (Å²) in [6.07, 6.45) is 3.19. The Labute approximate surface area is 171 Å². The molecule has 0 bridgehead atoms. The molecule has 3 aromatic rings. The average Bonchev–Trinajstić information content (AvgIpc) is 2.75. The smallest absolute Gasteiger partial charge is 0.410 e. The van der Waals surface area contributed by atoms with E-state index in [2.05, 4.69) is 40.8 Å². The summed E-state index contributed by atoms with van der Waals surface area (Å²) in [4.78, 5) is 25.5. The van der Waals surface area contributed by atoms with Gasteiger partial charge >= 0.3 is 6.09 Å². The lowest BCUT2D eigenvalue weighted by atomic mass is 10.1. The molecule has 0 aliphatic carbocycles. The minimum absolute atomic E-state index is 0.237. The summed E-state index contributed by atoms with van der Waals surface area (Å²) in [5.41, 5.74) is 4.02. The Morgan fingerprint density at radius 1 is 0.966 bits per heavy atom. The van der Waals surface area contributed by atoms with E-state index in [-0.39, 0.29) is 18.2 Å². The van der Waals surface area contributed by atoms with Crippen LogP contribution >= 0.6 is 0 Å². The Hall–Kier alpha value is -2.99. The molecule has 0 saturated carbocycles. The van der Waals surface area contributed by atoms with Crippen molar-refractivity contribution in [2.45, 2.75) is 39.1 Å². The molecule has 1 aliphatic rings. The number of hydrogen-bond donors (Lipinski definition) is 0. The second-order valence-electron chi connectivity index (χ2n) is 7.69. The van der Waals surface area contributed by atoms with E-state index < -0.39 is 0 Å². The maximum Gasteiger partial charge on any atom is 0.410 e. The van der Waals surface area contributed by atoms with Crippen molar-refractivity contribution in [2.75, 3.05) is 13.1 Å². The van der Waals surface area contributed by atoms with Crippen LogP contribution in [0.3, 0.4) is 0 Å². The van der Waals surface area contributed by atoms with Crippen molar-refractivity contribution in [3.63, 3.8) is 0 Å². The standard InChI is InChI=1S/C23H26N4O2/c1-17-13-26(23(28)29-16-19-6-4-3-5-7-19)14-18(2)27(17)15-20-8-9-21-22(12-20)25-11-10-24-21/h3-12,17-18H,13-16H2,1-2H3/t17-,18-/m0/s1. The molecule has 6 nitrogen and oxygen atoms in total. The van der Waals surface area contributed by atoms with Crippen LogP contribution in [0, 0.1) is 0 Å². The first-order valence-corrected chi connectivity index (χ1v) is 10.0. The van der Waals surface area contributed by atoms with E-state index in [1.54, 1.807) is 12.4 Å². The number of amides is 1. The molecule has 0 spiro atoms. The SMILES string of the molecule is C[C@H]1CN(C(=O)OCc2ccccc2)C[C@H](C)N1Cc1ccc2nccnc2c1. The van der Waals surface area contributed by atoms with Gasteiger partial charge in [-0.2, -0.15) is 0 Å². The van der Waals surface area contributed by atoms with Crippen molar-refractivity contribution < 1.29 is 9.53 Å². The summed E-state index contributed by atoms with van der Waals surface area (Å²) in [7, 11) is 0. The van der Waals surface area contributed by atoms with E-state index in [0.717, 1.165) is 23.1 Å². The fraction of sp³-hybridized carbons (Fsp3) is 0.348. The van der Waals surface area contributed by atoms with Gasteiger partial charge in [0, 0.05) is 44.1 Å². The van der Waals surface area contributed by atoms with Crippen molar-refractivity contribution in [3.8, 4) is 0 Å². The fourth-order valence-electron chi connectivity index (χ4n) is 3.95. The van der Waals surface area contributed by atoms with Gasteiger partial charge in [-0.25, -0.2) is 4.79 Å². The Balaban J connectivity index is 1.37. The van der Waals surface area contributed by atoms with Gasteiger partial charge in [0.1, 0.15) is 6.61 Å². The van der Waals surface area contributed by atoms with Gasteiger partial charge < -0.3 is 9.64 Å². The van der Waals surface area contributed by atoms with E-state index in [4.69, 9.17) is 4.74 Å². The second kappa shape index (κ2) is 8.57. The van der Waals surface area contributed by atoms with Crippen LogP contribution in [0.1, 0.15) is 25.0 Å². The molecular formula is C23H26N4O2. The minimum atomic E-state index is -0.242. The zero-order valence-electron chi connectivity index (χ0n) is 16.9. The molecule has 0 N–H and O–H groups in total. The molecule has 1 aromatic heterocycles. The number of rotatable bonds is 4. The highest BCUT2D eigenvalue weighted by atomic mass is 16.6. The number of aromatic nitrogens is 2. The molecule has 6 heteroatoms. The molecule has 150 valence electrons. The van der Waals surface area contributed by atoms with E-state index in [9.17, 15) is 4.79 Å². The van der Waals surface area contributed by atoms with Gasteiger partial charge in [0.15, 0.2) is 0 Å². The van der Waals surface area contributed by atoms with E-state index in [1.165, 1.54) is 5.56 Å². The first-order valence-electron chi connectivity index (χ1n) is 10.0. The number of hydrogen-bond acceptors (Lipinski definition) is 5. The Bertz CT molecular complexity index is 967. The molecule has 0 radical (unpaired) electrons. The van der Waals surface area contributed by atoms with Gasteiger partial charge in [0.25, 0.3) is 0 Å². The monoisotopic (exact) mass is 390 g/mol. The predicted octanol–water partition coefficient (Wildman–Crippen LogP) is 3.86. The second-order valence-corrected chi connectivity index (χ2v) is 7.69. The van der Waals surface area contributed by atoms with Gasteiger partial charge in [0.2, 0.25) is 0 Å². The number of benzene rings is 2.